The van der Waals surface area contributed by atoms with Crippen molar-refractivity contribution in [2.75, 3.05) is 0 Å². The Hall–Kier alpha value is -3.78. The first kappa shape index (κ1) is 21.5. The van der Waals surface area contributed by atoms with Gasteiger partial charge in [0.25, 0.3) is 5.91 Å². The number of aromatic nitrogens is 4. The van der Waals surface area contributed by atoms with Gasteiger partial charge < -0.3 is 0 Å². The van der Waals surface area contributed by atoms with Gasteiger partial charge in [0.15, 0.2) is 0 Å². The fourth-order valence-corrected chi connectivity index (χ4v) is 3.73. The number of nitrogens with one attached hydrogen (secondary N) is 2. The lowest BCUT2D eigenvalue weighted by Crippen LogP contribution is -2.17. The molecule has 0 fully saturated rings. The number of halogens is 1. The lowest BCUT2D eigenvalue weighted by molar-refractivity contribution is 0.0950. The summed E-state index contributed by atoms with van der Waals surface area (Å²) in [7, 11) is 0. The van der Waals surface area contributed by atoms with Crippen LogP contribution in [-0.4, -0.2) is 32.1 Å². The summed E-state index contributed by atoms with van der Waals surface area (Å²) in [5, 5.41) is 15.8. The SMILES string of the molecule is Cc1nn(-c2ccccc2)c(C)c1-c1cc(C(=O)NN=CC(Br)=Cc2ccccc2)[nH]n1. The quantitative estimate of drug-likeness (QED) is 0.294. The highest BCUT2D eigenvalue weighted by Crippen LogP contribution is 2.27. The van der Waals surface area contributed by atoms with E-state index in [2.05, 4.69) is 41.8 Å². The lowest BCUT2D eigenvalue weighted by Gasteiger charge is -2.04. The van der Waals surface area contributed by atoms with E-state index in [1.165, 1.54) is 6.21 Å². The zero-order chi connectivity index (χ0) is 22.5. The molecule has 1 amide bonds. The van der Waals surface area contributed by atoms with Crippen molar-refractivity contribution < 1.29 is 4.79 Å². The van der Waals surface area contributed by atoms with E-state index >= 15 is 0 Å². The van der Waals surface area contributed by atoms with Gasteiger partial charge in [-0.3, -0.25) is 9.89 Å². The van der Waals surface area contributed by atoms with Gasteiger partial charge in [0.1, 0.15) is 5.69 Å². The van der Waals surface area contributed by atoms with Crippen molar-refractivity contribution in [2.45, 2.75) is 13.8 Å². The van der Waals surface area contributed by atoms with Crippen LogP contribution in [-0.2, 0) is 0 Å². The molecular formula is C24H21BrN6O. The minimum Gasteiger partial charge on any atom is -0.272 e. The first-order valence-electron chi connectivity index (χ1n) is 9.96. The third-order valence-corrected chi connectivity index (χ3v) is 5.26. The highest BCUT2D eigenvalue weighted by atomic mass is 79.9. The Morgan fingerprint density at radius 2 is 1.78 bits per heavy atom. The standard InChI is InChI=1S/C24H21BrN6O/c1-16-23(17(2)31(30-16)20-11-7-4-8-12-20)21-14-22(28-27-21)24(32)29-26-15-19(25)13-18-9-5-3-6-10-18/h3-15H,1-2H3,(H,27,28)(H,29,32). The molecule has 0 aliphatic rings. The summed E-state index contributed by atoms with van der Waals surface area (Å²) >= 11 is 3.42. The second kappa shape index (κ2) is 9.57. The molecule has 0 aliphatic carbocycles. The molecule has 2 N–H and O–H groups in total. The Morgan fingerprint density at radius 3 is 2.50 bits per heavy atom. The fraction of sp³-hybridized carbons (Fsp3) is 0.0833. The predicted octanol–water partition coefficient (Wildman–Crippen LogP) is 5.03. The van der Waals surface area contributed by atoms with E-state index in [0.717, 1.165) is 32.7 Å². The van der Waals surface area contributed by atoms with Crippen molar-refractivity contribution in [1.29, 1.82) is 0 Å². The number of hydrazone groups is 1. The van der Waals surface area contributed by atoms with Gasteiger partial charge in [0, 0.05) is 10.0 Å². The number of hydrogen-bond acceptors (Lipinski definition) is 4. The average molecular weight is 489 g/mol. The molecule has 0 radical (unpaired) electrons. The fourth-order valence-electron chi connectivity index (χ4n) is 3.36. The number of aromatic amines is 1. The first-order valence-corrected chi connectivity index (χ1v) is 10.8. The maximum Gasteiger partial charge on any atom is 0.289 e. The van der Waals surface area contributed by atoms with E-state index in [1.54, 1.807) is 6.07 Å². The van der Waals surface area contributed by atoms with Gasteiger partial charge in [-0.1, -0.05) is 48.5 Å². The Morgan fingerprint density at radius 1 is 1.09 bits per heavy atom. The summed E-state index contributed by atoms with van der Waals surface area (Å²) in [6.07, 6.45) is 3.43. The van der Waals surface area contributed by atoms with E-state index in [0.29, 0.717) is 11.4 Å². The zero-order valence-electron chi connectivity index (χ0n) is 17.6. The van der Waals surface area contributed by atoms with Crippen molar-refractivity contribution >= 4 is 34.1 Å². The van der Waals surface area contributed by atoms with Crippen molar-refractivity contribution in [1.82, 2.24) is 25.4 Å². The van der Waals surface area contributed by atoms with Gasteiger partial charge in [0.2, 0.25) is 0 Å². The number of hydrogen-bond donors (Lipinski definition) is 2. The third kappa shape index (κ3) is 4.76. The molecule has 160 valence electrons. The largest absolute Gasteiger partial charge is 0.289 e. The lowest BCUT2D eigenvalue weighted by atomic mass is 10.1. The van der Waals surface area contributed by atoms with E-state index < -0.39 is 0 Å². The van der Waals surface area contributed by atoms with Crippen molar-refractivity contribution in [3.8, 4) is 16.9 Å². The number of aryl methyl sites for hydroxylation is 1. The summed E-state index contributed by atoms with van der Waals surface area (Å²) in [5.41, 5.74) is 8.13. The summed E-state index contributed by atoms with van der Waals surface area (Å²) < 4.78 is 2.61. The normalized spacial score (nSPS) is 11.8. The van der Waals surface area contributed by atoms with Crippen LogP contribution >= 0.6 is 15.9 Å². The number of rotatable bonds is 6. The number of carbonyl (C=O) groups excluding carboxylic acids is 1. The second-order valence-electron chi connectivity index (χ2n) is 7.10. The Labute approximate surface area is 194 Å². The van der Waals surface area contributed by atoms with Crippen molar-refractivity contribution in [3.05, 3.63) is 93.9 Å². The maximum absolute atomic E-state index is 12.5. The average Bonchev–Trinajstić information content (AvgIpc) is 3.39. The highest BCUT2D eigenvalue weighted by molar-refractivity contribution is 9.12. The van der Waals surface area contributed by atoms with E-state index in [4.69, 9.17) is 0 Å². The molecule has 7 nitrogen and oxygen atoms in total. The van der Waals surface area contributed by atoms with Gasteiger partial charge >= 0.3 is 0 Å². The van der Waals surface area contributed by atoms with Gasteiger partial charge in [-0.15, -0.1) is 0 Å². The monoisotopic (exact) mass is 488 g/mol. The van der Waals surface area contributed by atoms with Crippen LogP contribution in [0, 0.1) is 13.8 Å². The number of carbonyl (C=O) groups is 1. The van der Waals surface area contributed by atoms with Gasteiger partial charge in [0.05, 0.1) is 29.0 Å². The summed E-state index contributed by atoms with van der Waals surface area (Å²) in [6, 6.07) is 21.4. The topological polar surface area (TPSA) is 88.0 Å². The molecule has 32 heavy (non-hydrogen) atoms. The number of allylic oxidation sites excluding steroid dienone is 1. The molecule has 0 atom stereocenters. The van der Waals surface area contributed by atoms with E-state index in [1.807, 2.05) is 85.3 Å². The molecule has 2 aromatic carbocycles. The minimum absolute atomic E-state index is 0.312. The smallest absolute Gasteiger partial charge is 0.272 e. The van der Waals surface area contributed by atoms with Crippen LogP contribution in [0.4, 0.5) is 0 Å². The summed E-state index contributed by atoms with van der Waals surface area (Å²) in [4.78, 5) is 12.5. The second-order valence-corrected chi connectivity index (χ2v) is 8.01. The molecule has 4 rings (SSSR count). The van der Waals surface area contributed by atoms with Crippen LogP contribution in [0.1, 0.15) is 27.4 Å². The zero-order valence-corrected chi connectivity index (χ0v) is 19.2. The highest BCUT2D eigenvalue weighted by Gasteiger charge is 2.18. The van der Waals surface area contributed by atoms with Gasteiger partial charge in [-0.05, 0) is 59.6 Å². The van der Waals surface area contributed by atoms with Crippen molar-refractivity contribution in [2.24, 2.45) is 5.10 Å². The molecule has 4 aromatic rings. The van der Waals surface area contributed by atoms with Gasteiger partial charge in [-0.25, -0.2) is 10.1 Å². The molecule has 2 heterocycles. The summed E-state index contributed by atoms with van der Waals surface area (Å²) in [5.74, 6) is -0.384. The molecule has 0 unspecified atom stereocenters. The van der Waals surface area contributed by atoms with Gasteiger partial charge in [-0.2, -0.15) is 15.3 Å². The molecule has 0 bridgehead atoms. The van der Waals surface area contributed by atoms with Crippen molar-refractivity contribution in [3.63, 3.8) is 0 Å². The summed E-state index contributed by atoms with van der Waals surface area (Å²) in [6.45, 7) is 3.91. The van der Waals surface area contributed by atoms with Crippen LogP contribution in [0.25, 0.3) is 23.0 Å². The molecule has 8 heteroatoms. The van der Waals surface area contributed by atoms with Crippen LogP contribution in [0.3, 0.4) is 0 Å². The molecule has 0 aliphatic heterocycles. The van der Waals surface area contributed by atoms with Crippen LogP contribution in [0.5, 0.6) is 0 Å². The predicted molar refractivity (Wildman–Crippen MR) is 130 cm³/mol. The Kier molecular flexibility index (Phi) is 6.42. The molecule has 0 spiro atoms. The number of H-pyrrole nitrogens is 1. The molecule has 2 aromatic heterocycles. The third-order valence-electron chi connectivity index (χ3n) is 4.83. The number of benzene rings is 2. The number of para-hydroxylation sites is 1. The number of amides is 1. The van der Waals surface area contributed by atoms with E-state index in [9.17, 15) is 4.79 Å². The first-order chi connectivity index (χ1) is 15.5. The minimum atomic E-state index is -0.384. The maximum atomic E-state index is 12.5. The van der Waals surface area contributed by atoms with Crippen LogP contribution in [0.15, 0.2) is 76.3 Å². The van der Waals surface area contributed by atoms with Crippen LogP contribution < -0.4 is 5.43 Å². The van der Waals surface area contributed by atoms with Crippen LogP contribution in [0.2, 0.25) is 0 Å². The Balaban J connectivity index is 1.48. The number of nitrogens with zero attached hydrogens (tertiary/aromatic N) is 4. The Bertz CT molecular complexity index is 1290. The molecule has 0 saturated heterocycles. The van der Waals surface area contributed by atoms with E-state index in [-0.39, 0.29) is 5.91 Å². The molecular weight excluding hydrogens is 468 g/mol. The molecule has 0 saturated carbocycles.